The fourth-order valence-corrected chi connectivity index (χ4v) is 3.07. The molecule has 2 aromatic heterocycles. The van der Waals surface area contributed by atoms with Crippen molar-refractivity contribution in [2.24, 2.45) is 0 Å². The number of nitrogens with one attached hydrogen (secondary N) is 1. The molecule has 0 aliphatic rings. The van der Waals surface area contributed by atoms with Gasteiger partial charge in [0.1, 0.15) is 10.4 Å². The van der Waals surface area contributed by atoms with Crippen LogP contribution >= 0.6 is 23.1 Å². The first-order valence-corrected chi connectivity index (χ1v) is 7.63. The maximum atomic E-state index is 12.0. The first-order valence-electron chi connectivity index (χ1n) is 5.66. The van der Waals surface area contributed by atoms with Crippen LogP contribution in [0, 0.1) is 12.3 Å². The van der Waals surface area contributed by atoms with E-state index >= 15 is 0 Å². The van der Waals surface area contributed by atoms with Gasteiger partial charge in [-0.2, -0.15) is 0 Å². The summed E-state index contributed by atoms with van der Waals surface area (Å²) in [6, 6.07) is 3.74. The molecule has 0 fully saturated rings. The predicted molar refractivity (Wildman–Crippen MR) is 82.5 cm³/mol. The average Bonchev–Trinajstić information content (AvgIpc) is 2.76. The molecule has 2 rings (SSSR count). The van der Waals surface area contributed by atoms with E-state index in [0.717, 1.165) is 10.5 Å². The second-order valence-electron chi connectivity index (χ2n) is 3.71. The summed E-state index contributed by atoms with van der Waals surface area (Å²) in [5.41, 5.74) is 7.09. The van der Waals surface area contributed by atoms with E-state index in [-0.39, 0.29) is 5.91 Å². The summed E-state index contributed by atoms with van der Waals surface area (Å²) in [6.07, 6.45) is 6.81. The quantitative estimate of drug-likeness (QED) is 0.653. The summed E-state index contributed by atoms with van der Waals surface area (Å²) in [5, 5.41) is 2.83. The Morgan fingerprint density at radius 2 is 2.47 bits per heavy atom. The molecule has 0 radical (unpaired) electrons. The van der Waals surface area contributed by atoms with Gasteiger partial charge in [-0.05, 0) is 12.1 Å². The van der Waals surface area contributed by atoms with E-state index in [0.29, 0.717) is 28.4 Å². The lowest BCUT2D eigenvalue weighted by Gasteiger charge is -2.03. The van der Waals surface area contributed by atoms with Gasteiger partial charge >= 0.3 is 0 Å². The number of nitrogens with two attached hydrogens (primary N) is 1. The second-order valence-corrected chi connectivity index (χ2v) is 5.86. The van der Waals surface area contributed by atoms with Crippen LogP contribution in [0.3, 0.4) is 0 Å². The van der Waals surface area contributed by atoms with Crippen molar-refractivity contribution in [1.29, 1.82) is 0 Å². The molecule has 6 heteroatoms. The normalized spacial score (nSPS) is 10.3. The van der Waals surface area contributed by atoms with Crippen LogP contribution in [0.2, 0.25) is 0 Å². The molecule has 0 saturated carbocycles. The number of amides is 1. The Morgan fingerprint density at radius 3 is 3.21 bits per heavy atom. The molecule has 19 heavy (non-hydrogen) atoms. The summed E-state index contributed by atoms with van der Waals surface area (Å²) in [6.45, 7) is 0.576. The molecule has 0 aromatic carbocycles. The van der Waals surface area contributed by atoms with Gasteiger partial charge in [0, 0.05) is 18.5 Å². The molecule has 3 N–H and O–H groups in total. The number of anilines is 1. The molecule has 0 unspecified atom stereocenters. The molecule has 4 nitrogen and oxygen atoms in total. The first-order chi connectivity index (χ1) is 9.24. The number of nitrogen functional groups attached to an aromatic ring is 1. The standard InChI is InChI=1S/C13H13N3OS2/c1-2-7-18-8-6-16-13(17)12-10(14)11-9(19-12)4-3-5-15-11/h1,3-5H,6-8,14H2,(H,16,17). The third kappa shape index (κ3) is 3.19. The molecule has 98 valence electrons. The van der Waals surface area contributed by atoms with Crippen molar-refractivity contribution in [2.75, 3.05) is 23.8 Å². The minimum absolute atomic E-state index is 0.151. The molecule has 0 aliphatic carbocycles. The van der Waals surface area contributed by atoms with E-state index in [1.807, 2.05) is 12.1 Å². The Bertz CT molecular complexity index is 630. The number of nitrogens with zero attached hydrogens (tertiary/aromatic N) is 1. The summed E-state index contributed by atoms with van der Waals surface area (Å²) in [4.78, 5) is 16.7. The number of thiophene rings is 1. The van der Waals surface area contributed by atoms with Gasteiger partial charge in [0.05, 0.1) is 16.1 Å². The fourth-order valence-electron chi connectivity index (χ4n) is 1.56. The first kappa shape index (κ1) is 13.7. The van der Waals surface area contributed by atoms with E-state index in [9.17, 15) is 4.79 Å². The zero-order valence-electron chi connectivity index (χ0n) is 10.2. The molecule has 2 aromatic rings. The third-order valence-electron chi connectivity index (χ3n) is 2.41. The average molecular weight is 291 g/mol. The van der Waals surface area contributed by atoms with Crippen LogP contribution in [0.1, 0.15) is 9.67 Å². The highest BCUT2D eigenvalue weighted by Gasteiger charge is 2.16. The van der Waals surface area contributed by atoms with Gasteiger partial charge in [-0.1, -0.05) is 5.92 Å². The van der Waals surface area contributed by atoms with Crippen molar-refractivity contribution in [3.05, 3.63) is 23.2 Å². The maximum absolute atomic E-state index is 12.0. The van der Waals surface area contributed by atoms with Gasteiger partial charge in [-0.25, -0.2) is 0 Å². The van der Waals surface area contributed by atoms with E-state index in [4.69, 9.17) is 12.2 Å². The van der Waals surface area contributed by atoms with Crippen LogP contribution in [-0.4, -0.2) is 28.9 Å². The van der Waals surface area contributed by atoms with Crippen molar-refractivity contribution >= 4 is 44.9 Å². The summed E-state index contributed by atoms with van der Waals surface area (Å²) in [7, 11) is 0. The highest BCUT2D eigenvalue weighted by Crippen LogP contribution is 2.31. The second kappa shape index (κ2) is 6.45. The highest BCUT2D eigenvalue weighted by molar-refractivity contribution is 7.99. The Labute approximate surface area is 119 Å². The molecular formula is C13H13N3OS2. The Hall–Kier alpha value is -1.71. The van der Waals surface area contributed by atoms with Gasteiger partial charge in [0.15, 0.2) is 0 Å². The lowest BCUT2D eigenvalue weighted by molar-refractivity contribution is 0.0961. The number of terminal acetylenes is 1. The van der Waals surface area contributed by atoms with Crippen molar-refractivity contribution in [1.82, 2.24) is 10.3 Å². The SMILES string of the molecule is C#CCSCCNC(=O)c1sc2cccnc2c1N. The van der Waals surface area contributed by atoms with Crippen LogP contribution < -0.4 is 11.1 Å². The lowest BCUT2D eigenvalue weighted by Crippen LogP contribution is -2.25. The number of thioether (sulfide) groups is 1. The zero-order chi connectivity index (χ0) is 13.7. The largest absolute Gasteiger partial charge is 0.396 e. The number of carbonyl (C=O) groups is 1. The van der Waals surface area contributed by atoms with Crippen LogP contribution in [0.4, 0.5) is 5.69 Å². The van der Waals surface area contributed by atoms with Crippen molar-refractivity contribution < 1.29 is 4.79 Å². The minimum Gasteiger partial charge on any atom is -0.396 e. The zero-order valence-corrected chi connectivity index (χ0v) is 11.8. The third-order valence-corrected chi connectivity index (χ3v) is 4.43. The van der Waals surface area contributed by atoms with Gasteiger partial charge in [0.2, 0.25) is 0 Å². The van der Waals surface area contributed by atoms with E-state index < -0.39 is 0 Å². The maximum Gasteiger partial charge on any atom is 0.263 e. The van der Waals surface area contributed by atoms with E-state index in [2.05, 4.69) is 16.2 Å². The number of pyridine rings is 1. The summed E-state index contributed by atoms with van der Waals surface area (Å²) in [5.74, 6) is 3.84. The Balaban J connectivity index is 2.02. The van der Waals surface area contributed by atoms with Gasteiger partial charge < -0.3 is 11.1 Å². The van der Waals surface area contributed by atoms with Crippen LogP contribution in [0.25, 0.3) is 10.2 Å². The van der Waals surface area contributed by atoms with Crippen molar-refractivity contribution in [3.63, 3.8) is 0 Å². The Kier molecular flexibility index (Phi) is 4.66. The minimum atomic E-state index is -0.151. The highest BCUT2D eigenvalue weighted by atomic mass is 32.2. The molecule has 0 saturated heterocycles. The summed E-state index contributed by atoms with van der Waals surface area (Å²) >= 11 is 2.97. The van der Waals surface area contributed by atoms with E-state index in [1.54, 1.807) is 18.0 Å². The molecular weight excluding hydrogens is 278 g/mol. The summed E-state index contributed by atoms with van der Waals surface area (Å²) < 4.78 is 0.923. The molecule has 0 spiro atoms. The molecule has 2 heterocycles. The molecule has 0 aliphatic heterocycles. The molecule has 0 atom stereocenters. The number of hydrogen-bond acceptors (Lipinski definition) is 5. The topological polar surface area (TPSA) is 68.0 Å². The fraction of sp³-hybridized carbons (Fsp3) is 0.231. The van der Waals surface area contributed by atoms with E-state index in [1.165, 1.54) is 11.3 Å². The van der Waals surface area contributed by atoms with Gasteiger partial charge in [-0.3, -0.25) is 9.78 Å². The van der Waals surface area contributed by atoms with Crippen LogP contribution in [0.15, 0.2) is 18.3 Å². The Morgan fingerprint density at radius 1 is 1.63 bits per heavy atom. The van der Waals surface area contributed by atoms with Crippen LogP contribution in [-0.2, 0) is 0 Å². The predicted octanol–water partition coefficient (Wildman–Crippen LogP) is 1.97. The molecule has 0 bridgehead atoms. The van der Waals surface area contributed by atoms with Crippen molar-refractivity contribution in [2.45, 2.75) is 0 Å². The monoisotopic (exact) mass is 291 g/mol. The number of aromatic nitrogens is 1. The van der Waals surface area contributed by atoms with Gasteiger partial charge in [0.25, 0.3) is 5.91 Å². The smallest absolute Gasteiger partial charge is 0.263 e. The number of carbonyl (C=O) groups excluding carboxylic acids is 1. The number of rotatable bonds is 5. The number of hydrogen-bond donors (Lipinski definition) is 2. The molecule has 1 amide bonds. The van der Waals surface area contributed by atoms with Gasteiger partial charge in [-0.15, -0.1) is 29.5 Å². The lowest BCUT2D eigenvalue weighted by atomic mass is 10.3. The number of fused-ring (bicyclic) bond motifs is 1. The van der Waals surface area contributed by atoms with Crippen LogP contribution in [0.5, 0.6) is 0 Å². The van der Waals surface area contributed by atoms with Crippen molar-refractivity contribution in [3.8, 4) is 12.3 Å².